The minimum atomic E-state index is 0.275. The van der Waals surface area contributed by atoms with Crippen LogP contribution in [0.25, 0.3) is 0 Å². The normalized spacial score (nSPS) is 14.1. The van der Waals surface area contributed by atoms with Crippen molar-refractivity contribution < 1.29 is 4.74 Å². The van der Waals surface area contributed by atoms with Crippen LogP contribution in [0, 0.1) is 11.3 Å². The standard InChI is InChI=1S/C15H30O/c1-7-15(5,6)11-8-9-14(4)16-12-10-13(2)3/h7,13-14H,1,8-12H2,2-6H3. The van der Waals surface area contributed by atoms with E-state index in [2.05, 4.69) is 47.3 Å². The second-order valence-electron chi connectivity index (χ2n) is 5.95. The van der Waals surface area contributed by atoms with Crippen LogP contribution in [0.5, 0.6) is 0 Å². The molecule has 0 aromatic rings. The first-order chi connectivity index (χ1) is 7.37. The minimum Gasteiger partial charge on any atom is -0.379 e. The van der Waals surface area contributed by atoms with Gasteiger partial charge in [-0.1, -0.05) is 40.2 Å². The molecule has 0 aromatic heterocycles. The molecule has 0 fully saturated rings. The van der Waals surface area contributed by atoms with E-state index in [4.69, 9.17) is 4.74 Å². The van der Waals surface area contributed by atoms with Crippen LogP contribution < -0.4 is 0 Å². The Morgan fingerprint density at radius 2 is 1.81 bits per heavy atom. The van der Waals surface area contributed by atoms with E-state index in [1.165, 1.54) is 19.3 Å². The summed E-state index contributed by atoms with van der Waals surface area (Å²) >= 11 is 0. The Hall–Kier alpha value is -0.300. The minimum absolute atomic E-state index is 0.275. The summed E-state index contributed by atoms with van der Waals surface area (Å²) in [5.74, 6) is 0.742. The van der Waals surface area contributed by atoms with Crippen LogP contribution in [0.2, 0.25) is 0 Å². The third-order valence-corrected chi connectivity index (χ3v) is 3.08. The predicted octanol–water partition coefficient (Wildman–Crippen LogP) is 4.82. The van der Waals surface area contributed by atoms with Crippen molar-refractivity contribution in [2.45, 2.75) is 66.4 Å². The van der Waals surface area contributed by atoms with Crippen molar-refractivity contribution in [1.29, 1.82) is 0 Å². The first kappa shape index (κ1) is 15.7. The second-order valence-corrected chi connectivity index (χ2v) is 5.95. The van der Waals surface area contributed by atoms with Gasteiger partial charge in [0, 0.05) is 6.61 Å². The Labute approximate surface area is 102 Å². The van der Waals surface area contributed by atoms with Gasteiger partial charge in [0.1, 0.15) is 0 Å². The molecular formula is C15H30O. The molecule has 0 heterocycles. The predicted molar refractivity (Wildman–Crippen MR) is 72.7 cm³/mol. The van der Waals surface area contributed by atoms with Crippen LogP contribution in [-0.4, -0.2) is 12.7 Å². The molecule has 1 atom stereocenters. The summed E-state index contributed by atoms with van der Waals surface area (Å²) < 4.78 is 5.78. The van der Waals surface area contributed by atoms with Crippen LogP contribution in [0.3, 0.4) is 0 Å². The molecule has 0 saturated heterocycles. The van der Waals surface area contributed by atoms with Gasteiger partial charge in [0.05, 0.1) is 6.10 Å². The molecule has 0 bridgehead atoms. The molecule has 0 rings (SSSR count). The van der Waals surface area contributed by atoms with E-state index in [-0.39, 0.29) is 5.41 Å². The van der Waals surface area contributed by atoms with Crippen molar-refractivity contribution in [1.82, 2.24) is 0 Å². The third-order valence-electron chi connectivity index (χ3n) is 3.08. The molecular weight excluding hydrogens is 196 g/mol. The summed E-state index contributed by atoms with van der Waals surface area (Å²) in [6.45, 7) is 15.9. The maximum atomic E-state index is 5.78. The van der Waals surface area contributed by atoms with E-state index >= 15 is 0 Å². The first-order valence-corrected chi connectivity index (χ1v) is 6.62. The lowest BCUT2D eigenvalue weighted by Gasteiger charge is -2.21. The number of hydrogen-bond acceptors (Lipinski definition) is 1. The zero-order valence-electron chi connectivity index (χ0n) is 11.9. The van der Waals surface area contributed by atoms with Gasteiger partial charge in [-0.05, 0) is 37.5 Å². The maximum Gasteiger partial charge on any atom is 0.0547 e. The molecule has 1 heteroatoms. The fraction of sp³-hybridized carbons (Fsp3) is 0.867. The maximum absolute atomic E-state index is 5.78. The van der Waals surface area contributed by atoms with E-state index in [0.717, 1.165) is 18.9 Å². The van der Waals surface area contributed by atoms with Crippen LogP contribution in [-0.2, 0) is 4.74 Å². The molecule has 0 aliphatic carbocycles. The lowest BCUT2D eigenvalue weighted by atomic mass is 9.87. The third kappa shape index (κ3) is 8.96. The Kier molecular flexibility index (Phi) is 7.74. The Balaban J connectivity index is 3.50. The van der Waals surface area contributed by atoms with E-state index in [9.17, 15) is 0 Å². The smallest absolute Gasteiger partial charge is 0.0547 e. The van der Waals surface area contributed by atoms with Gasteiger partial charge in [0.25, 0.3) is 0 Å². The molecule has 16 heavy (non-hydrogen) atoms. The summed E-state index contributed by atoms with van der Waals surface area (Å²) in [5.41, 5.74) is 0.275. The molecule has 0 amide bonds. The van der Waals surface area contributed by atoms with Gasteiger partial charge in [-0.15, -0.1) is 6.58 Å². The highest BCUT2D eigenvalue weighted by Gasteiger charge is 2.13. The van der Waals surface area contributed by atoms with Gasteiger partial charge >= 0.3 is 0 Å². The molecule has 96 valence electrons. The van der Waals surface area contributed by atoms with Gasteiger partial charge in [0.15, 0.2) is 0 Å². The lowest BCUT2D eigenvalue weighted by Crippen LogP contribution is -2.13. The molecule has 0 N–H and O–H groups in total. The zero-order chi connectivity index (χ0) is 12.6. The molecule has 0 saturated carbocycles. The summed E-state index contributed by atoms with van der Waals surface area (Å²) in [6, 6.07) is 0. The highest BCUT2D eigenvalue weighted by Crippen LogP contribution is 2.24. The topological polar surface area (TPSA) is 9.23 Å². The number of hydrogen-bond donors (Lipinski definition) is 0. The van der Waals surface area contributed by atoms with E-state index in [1.807, 2.05) is 0 Å². The molecule has 0 aliphatic heterocycles. The van der Waals surface area contributed by atoms with Gasteiger partial charge in [-0.3, -0.25) is 0 Å². The highest BCUT2D eigenvalue weighted by molar-refractivity contribution is 4.87. The van der Waals surface area contributed by atoms with Gasteiger partial charge in [0.2, 0.25) is 0 Å². The largest absolute Gasteiger partial charge is 0.379 e. The van der Waals surface area contributed by atoms with E-state index in [1.54, 1.807) is 0 Å². The van der Waals surface area contributed by atoms with Crippen molar-refractivity contribution in [2.75, 3.05) is 6.61 Å². The number of rotatable bonds is 9. The van der Waals surface area contributed by atoms with Crippen molar-refractivity contribution in [3.63, 3.8) is 0 Å². The van der Waals surface area contributed by atoms with Gasteiger partial charge in [-0.25, -0.2) is 0 Å². The SMILES string of the molecule is C=CC(C)(C)CCCC(C)OCCC(C)C. The van der Waals surface area contributed by atoms with Crippen molar-refractivity contribution in [3.8, 4) is 0 Å². The average Bonchev–Trinajstić information content (AvgIpc) is 2.17. The van der Waals surface area contributed by atoms with Crippen LogP contribution in [0.15, 0.2) is 12.7 Å². The monoisotopic (exact) mass is 226 g/mol. The molecule has 1 unspecified atom stereocenters. The zero-order valence-corrected chi connectivity index (χ0v) is 11.9. The molecule has 0 aliphatic rings. The highest BCUT2D eigenvalue weighted by atomic mass is 16.5. The average molecular weight is 226 g/mol. The van der Waals surface area contributed by atoms with Crippen molar-refractivity contribution in [3.05, 3.63) is 12.7 Å². The van der Waals surface area contributed by atoms with Crippen molar-refractivity contribution >= 4 is 0 Å². The van der Waals surface area contributed by atoms with Crippen molar-refractivity contribution in [2.24, 2.45) is 11.3 Å². The fourth-order valence-corrected chi connectivity index (χ4v) is 1.54. The van der Waals surface area contributed by atoms with Crippen LogP contribution in [0.4, 0.5) is 0 Å². The quantitative estimate of drug-likeness (QED) is 0.512. The van der Waals surface area contributed by atoms with Gasteiger partial charge in [-0.2, -0.15) is 0 Å². The van der Waals surface area contributed by atoms with Crippen LogP contribution in [0.1, 0.15) is 60.3 Å². The number of ether oxygens (including phenoxy) is 1. The molecule has 0 radical (unpaired) electrons. The Bertz CT molecular complexity index is 182. The molecule has 0 aromatic carbocycles. The van der Waals surface area contributed by atoms with E-state index in [0.29, 0.717) is 6.10 Å². The molecule has 0 spiro atoms. The number of allylic oxidation sites excluding steroid dienone is 1. The fourth-order valence-electron chi connectivity index (χ4n) is 1.54. The van der Waals surface area contributed by atoms with E-state index < -0.39 is 0 Å². The summed E-state index contributed by atoms with van der Waals surface area (Å²) in [7, 11) is 0. The lowest BCUT2D eigenvalue weighted by molar-refractivity contribution is 0.0505. The summed E-state index contributed by atoms with van der Waals surface area (Å²) in [6.07, 6.45) is 7.21. The second kappa shape index (κ2) is 7.89. The van der Waals surface area contributed by atoms with Gasteiger partial charge < -0.3 is 4.74 Å². The summed E-state index contributed by atoms with van der Waals surface area (Å²) in [5, 5.41) is 0. The Morgan fingerprint density at radius 1 is 1.19 bits per heavy atom. The summed E-state index contributed by atoms with van der Waals surface area (Å²) in [4.78, 5) is 0. The molecule has 1 nitrogen and oxygen atoms in total. The Morgan fingerprint density at radius 3 is 2.31 bits per heavy atom. The first-order valence-electron chi connectivity index (χ1n) is 6.62. The van der Waals surface area contributed by atoms with Crippen LogP contribution >= 0.6 is 0 Å².